The van der Waals surface area contributed by atoms with Gasteiger partial charge in [0.2, 0.25) is 5.91 Å². The largest absolute Gasteiger partial charge is 0.323 e. The van der Waals surface area contributed by atoms with E-state index in [9.17, 15) is 13.6 Å². The Morgan fingerprint density at radius 1 is 1.05 bits per heavy atom. The van der Waals surface area contributed by atoms with Crippen LogP contribution in [0.1, 0.15) is 6.92 Å². The lowest BCUT2D eigenvalue weighted by molar-refractivity contribution is -0.115. The molecule has 0 aliphatic rings. The lowest BCUT2D eigenvalue weighted by Crippen LogP contribution is -2.23. The van der Waals surface area contributed by atoms with Crippen molar-refractivity contribution in [1.82, 2.24) is 0 Å². The van der Waals surface area contributed by atoms with Crippen LogP contribution in [-0.4, -0.2) is 11.2 Å². The minimum absolute atomic E-state index is 0.124. The minimum atomic E-state index is -0.536. The molecule has 20 heavy (non-hydrogen) atoms. The molecule has 2 aromatic rings. The highest BCUT2D eigenvalue weighted by atomic mass is 32.2. The Bertz CT molecular complexity index is 618. The number of carbonyl (C=O) groups is 1. The summed E-state index contributed by atoms with van der Waals surface area (Å²) in [6.45, 7) is 1.65. The number of carbonyl (C=O) groups excluding carboxylic acids is 1. The molecule has 0 saturated carbocycles. The van der Waals surface area contributed by atoms with Crippen molar-refractivity contribution in [2.75, 3.05) is 5.32 Å². The molecule has 0 aliphatic carbocycles. The average molecular weight is 293 g/mol. The number of thioether (sulfide) groups is 1. The molecule has 0 aromatic heterocycles. The smallest absolute Gasteiger partial charge is 0.237 e. The van der Waals surface area contributed by atoms with Gasteiger partial charge in [-0.05, 0) is 31.2 Å². The van der Waals surface area contributed by atoms with E-state index in [1.54, 1.807) is 37.3 Å². The van der Waals surface area contributed by atoms with Crippen LogP contribution in [0.4, 0.5) is 14.5 Å². The van der Waals surface area contributed by atoms with Crippen LogP contribution in [0.5, 0.6) is 0 Å². The molecule has 1 N–H and O–H groups in total. The fourth-order valence-electron chi connectivity index (χ4n) is 1.58. The molecule has 0 fully saturated rings. The number of nitrogens with one attached hydrogen (secondary N) is 1. The van der Waals surface area contributed by atoms with E-state index in [4.69, 9.17) is 0 Å². The summed E-state index contributed by atoms with van der Waals surface area (Å²) in [5.41, 5.74) is 0.124. The zero-order valence-electron chi connectivity index (χ0n) is 10.8. The summed E-state index contributed by atoms with van der Waals surface area (Å²) in [5.74, 6) is -1.24. The molecule has 104 valence electrons. The number of para-hydroxylation sites is 1. The van der Waals surface area contributed by atoms with Crippen LogP contribution >= 0.6 is 11.8 Å². The summed E-state index contributed by atoms with van der Waals surface area (Å²) < 4.78 is 26.9. The topological polar surface area (TPSA) is 29.1 Å². The third kappa shape index (κ3) is 3.57. The first kappa shape index (κ1) is 14.5. The van der Waals surface area contributed by atoms with E-state index in [-0.39, 0.29) is 17.4 Å². The van der Waals surface area contributed by atoms with E-state index in [0.717, 1.165) is 11.8 Å². The predicted molar refractivity (Wildman–Crippen MR) is 76.7 cm³/mol. The van der Waals surface area contributed by atoms with Gasteiger partial charge >= 0.3 is 0 Å². The SMILES string of the molecule is C[C@@H](Sc1ccccc1F)C(=O)Nc1ccccc1F. The molecule has 0 heterocycles. The van der Waals surface area contributed by atoms with Crippen LogP contribution < -0.4 is 5.32 Å². The van der Waals surface area contributed by atoms with Crippen molar-refractivity contribution >= 4 is 23.4 Å². The van der Waals surface area contributed by atoms with E-state index in [1.165, 1.54) is 18.2 Å². The number of halogens is 2. The highest BCUT2D eigenvalue weighted by molar-refractivity contribution is 8.00. The Kier molecular flexibility index (Phi) is 4.74. The van der Waals surface area contributed by atoms with Crippen molar-refractivity contribution in [3.63, 3.8) is 0 Å². The van der Waals surface area contributed by atoms with E-state index >= 15 is 0 Å². The average Bonchev–Trinajstić information content (AvgIpc) is 2.43. The van der Waals surface area contributed by atoms with Crippen molar-refractivity contribution in [3.8, 4) is 0 Å². The fraction of sp³-hybridized carbons (Fsp3) is 0.133. The van der Waals surface area contributed by atoms with Gasteiger partial charge in [0.15, 0.2) is 0 Å². The van der Waals surface area contributed by atoms with Gasteiger partial charge < -0.3 is 5.32 Å². The zero-order valence-corrected chi connectivity index (χ0v) is 11.6. The van der Waals surface area contributed by atoms with Gasteiger partial charge in [-0.15, -0.1) is 11.8 Å². The maximum Gasteiger partial charge on any atom is 0.237 e. The van der Waals surface area contributed by atoms with Crippen LogP contribution in [-0.2, 0) is 4.79 Å². The number of amides is 1. The molecule has 2 aromatic carbocycles. The van der Waals surface area contributed by atoms with Gasteiger partial charge in [-0.2, -0.15) is 0 Å². The molecule has 5 heteroatoms. The van der Waals surface area contributed by atoms with E-state index in [2.05, 4.69) is 5.32 Å². The van der Waals surface area contributed by atoms with Crippen LogP contribution in [0, 0.1) is 11.6 Å². The number of hydrogen-bond acceptors (Lipinski definition) is 2. The molecule has 1 atom stereocenters. The van der Waals surface area contributed by atoms with Gasteiger partial charge in [-0.3, -0.25) is 4.79 Å². The lowest BCUT2D eigenvalue weighted by Gasteiger charge is -2.12. The fourth-order valence-corrected chi connectivity index (χ4v) is 2.47. The van der Waals surface area contributed by atoms with Crippen LogP contribution in [0.3, 0.4) is 0 Å². The second-order valence-electron chi connectivity index (χ2n) is 4.16. The zero-order chi connectivity index (χ0) is 14.5. The maximum absolute atomic E-state index is 13.5. The Labute approximate surface area is 120 Å². The van der Waals surface area contributed by atoms with E-state index < -0.39 is 11.1 Å². The van der Waals surface area contributed by atoms with E-state index in [1.807, 2.05) is 0 Å². The third-order valence-corrected chi connectivity index (χ3v) is 3.79. The molecule has 1 amide bonds. The normalized spacial score (nSPS) is 11.9. The molecule has 0 unspecified atom stereocenters. The third-order valence-electron chi connectivity index (χ3n) is 2.64. The quantitative estimate of drug-likeness (QED) is 0.860. The Morgan fingerprint density at radius 3 is 2.30 bits per heavy atom. The molecule has 2 rings (SSSR count). The molecule has 0 spiro atoms. The van der Waals surface area contributed by atoms with Gasteiger partial charge in [0.25, 0.3) is 0 Å². The van der Waals surface area contributed by atoms with Gasteiger partial charge in [0.05, 0.1) is 10.9 Å². The van der Waals surface area contributed by atoms with Crippen molar-refractivity contribution in [2.45, 2.75) is 17.1 Å². The summed E-state index contributed by atoms with van der Waals surface area (Å²) in [6.07, 6.45) is 0. The molecule has 0 bridgehead atoms. The molecule has 2 nitrogen and oxygen atoms in total. The van der Waals surface area contributed by atoms with Crippen molar-refractivity contribution < 1.29 is 13.6 Å². The summed E-state index contributed by atoms with van der Waals surface area (Å²) in [6, 6.07) is 12.2. The Balaban J connectivity index is 2.03. The van der Waals surface area contributed by atoms with E-state index in [0.29, 0.717) is 4.90 Å². The standard InChI is InChI=1S/C15H13F2NOS/c1-10(20-14-9-5-3-7-12(14)17)15(19)18-13-8-4-2-6-11(13)16/h2-10H,1H3,(H,18,19)/t10-/m1/s1. The van der Waals surface area contributed by atoms with Crippen molar-refractivity contribution in [3.05, 3.63) is 60.2 Å². The van der Waals surface area contributed by atoms with Gasteiger partial charge in [-0.1, -0.05) is 24.3 Å². The highest BCUT2D eigenvalue weighted by Crippen LogP contribution is 2.26. The van der Waals surface area contributed by atoms with Crippen molar-refractivity contribution in [1.29, 1.82) is 0 Å². The number of hydrogen-bond donors (Lipinski definition) is 1. The molecular formula is C15H13F2NOS. The summed E-state index contributed by atoms with van der Waals surface area (Å²) in [5, 5.41) is 1.96. The first-order valence-corrected chi connectivity index (χ1v) is 6.92. The summed E-state index contributed by atoms with van der Waals surface area (Å²) in [4.78, 5) is 12.4. The first-order valence-electron chi connectivity index (χ1n) is 6.04. The highest BCUT2D eigenvalue weighted by Gasteiger charge is 2.17. The summed E-state index contributed by atoms with van der Waals surface area (Å²) >= 11 is 1.09. The molecular weight excluding hydrogens is 280 g/mol. The lowest BCUT2D eigenvalue weighted by atomic mass is 10.3. The number of rotatable bonds is 4. The molecule has 0 saturated heterocycles. The minimum Gasteiger partial charge on any atom is -0.323 e. The van der Waals surface area contributed by atoms with Gasteiger partial charge in [0.1, 0.15) is 11.6 Å². The maximum atomic E-state index is 13.5. The predicted octanol–water partition coefficient (Wildman–Crippen LogP) is 4.08. The monoisotopic (exact) mass is 293 g/mol. The van der Waals surface area contributed by atoms with Gasteiger partial charge in [0, 0.05) is 4.90 Å². The number of benzene rings is 2. The first-order chi connectivity index (χ1) is 9.58. The van der Waals surface area contributed by atoms with Crippen molar-refractivity contribution in [2.24, 2.45) is 0 Å². The second kappa shape index (κ2) is 6.52. The summed E-state index contributed by atoms with van der Waals surface area (Å²) in [7, 11) is 0. The Morgan fingerprint density at radius 2 is 1.65 bits per heavy atom. The van der Waals surface area contributed by atoms with Crippen LogP contribution in [0.2, 0.25) is 0 Å². The molecule has 0 radical (unpaired) electrons. The number of anilines is 1. The van der Waals surface area contributed by atoms with Crippen LogP contribution in [0.15, 0.2) is 53.4 Å². The van der Waals surface area contributed by atoms with Gasteiger partial charge in [-0.25, -0.2) is 8.78 Å². The Hall–Kier alpha value is -1.88. The van der Waals surface area contributed by atoms with Crippen LogP contribution in [0.25, 0.3) is 0 Å². The second-order valence-corrected chi connectivity index (χ2v) is 5.54. The molecule has 0 aliphatic heterocycles.